The molecule has 5 heteroatoms. The minimum atomic E-state index is -0.537. The first-order valence-electron chi connectivity index (χ1n) is 3.26. The van der Waals surface area contributed by atoms with Gasteiger partial charge in [0.15, 0.2) is 0 Å². The van der Waals surface area contributed by atoms with Gasteiger partial charge < -0.3 is 10.8 Å². The Labute approximate surface area is 68.6 Å². The van der Waals surface area contributed by atoms with Crippen LogP contribution in [0.4, 0.5) is 11.4 Å². The Morgan fingerprint density at radius 3 is 2.67 bits per heavy atom. The molecule has 0 fully saturated rings. The zero-order valence-electron chi connectivity index (χ0n) is 6.44. The lowest BCUT2D eigenvalue weighted by atomic mass is 10.1. The number of nitrogen functional groups attached to an aromatic ring is 1. The summed E-state index contributed by atoms with van der Waals surface area (Å²) in [5.74, 6) is -0.127. The molecular weight excluding hydrogens is 160 g/mol. The predicted molar refractivity (Wildman–Crippen MR) is 43.9 cm³/mol. The fourth-order valence-electron chi connectivity index (χ4n) is 0.901. The molecule has 0 aliphatic rings. The summed E-state index contributed by atoms with van der Waals surface area (Å²) in [6.07, 6.45) is 0. The topological polar surface area (TPSA) is 89.4 Å². The second-order valence-corrected chi connectivity index (χ2v) is 2.40. The highest BCUT2D eigenvalue weighted by Gasteiger charge is 2.14. The average Bonchev–Trinajstić information content (AvgIpc) is 2.00. The fourth-order valence-corrected chi connectivity index (χ4v) is 0.901. The first kappa shape index (κ1) is 8.32. The first-order valence-corrected chi connectivity index (χ1v) is 3.26. The number of phenolic OH excluding ortho intramolecular Hbond substituents is 1. The molecule has 1 aromatic rings. The monoisotopic (exact) mass is 168 g/mol. The van der Waals surface area contributed by atoms with Crippen molar-refractivity contribution in [2.24, 2.45) is 0 Å². The van der Waals surface area contributed by atoms with Crippen molar-refractivity contribution in [1.29, 1.82) is 0 Å². The van der Waals surface area contributed by atoms with E-state index < -0.39 is 4.92 Å². The van der Waals surface area contributed by atoms with E-state index in [1.807, 2.05) is 0 Å². The van der Waals surface area contributed by atoms with Crippen LogP contribution in [0.5, 0.6) is 5.75 Å². The standard InChI is InChI=1S/C7H8N2O3/c1-4-5(9(11)12)2-3-6(10)7(4)8/h2-3,10H,8H2,1H3. The number of nitrogens with two attached hydrogens (primary N) is 1. The molecule has 3 N–H and O–H groups in total. The van der Waals surface area contributed by atoms with Gasteiger partial charge in [-0.2, -0.15) is 0 Å². The third-order valence-corrected chi connectivity index (χ3v) is 1.66. The molecule has 0 spiro atoms. The molecule has 0 aliphatic carbocycles. The van der Waals surface area contributed by atoms with Crippen LogP contribution in [0.2, 0.25) is 0 Å². The number of aromatic hydroxyl groups is 1. The van der Waals surface area contributed by atoms with Crippen LogP contribution in [0.1, 0.15) is 5.56 Å². The number of phenols is 1. The average molecular weight is 168 g/mol. The van der Waals surface area contributed by atoms with Gasteiger partial charge in [-0.25, -0.2) is 0 Å². The lowest BCUT2D eigenvalue weighted by Crippen LogP contribution is -1.96. The summed E-state index contributed by atoms with van der Waals surface area (Å²) in [4.78, 5) is 9.82. The predicted octanol–water partition coefficient (Wildman–Crippen LogP) is 1.19. The lowest BCUT2D eigenvalue weighted by Gasteiger charge is -2.02. The summed E-state index contributed by atoms with van der Waals surface area (Å²) >= 11 is 0. The molecule has 0 radical (unpaired) electrons. The van der Waals surface area contributed by atoms with Gasteiger partial charge in [0.2, 0.25) is 0 Å². The van der Waals surface area contributed by atoms with Crippen LogP contribution in [0.15, 0.2) is 12.1 Å². The zero-order chi connectivity index (χ0) is 9.30. The Morgan fingerprint density at radius 1 is 1.58 bits per heavy atom. The molecule has 5 nitrogen and oxygen atoms in total. The smallest absolute Gasteiger partial charge is 0.274 e. The van der Waals surface area contributed by atoms with Crippen LogP contribution in [0.25, 0.3) is 0 Å². The number of benzene rings is 1. The van der Waals surface area contributed by atoms with E-state index in [0.717, 1.165) is 0 Å². The molecule has 0 aliphatic heterocycles. The van der Waals surface area contributed by atoms with Crippen molar-refractivity contribution in [3.63, 3.8) is 0 Å². The maximum absolute atomic E-state index is 10.4. The molecule has 0 saturated heterocycles. The van der Waals surface area contributed by atoms with Gasteiger partial charge in [0.05, 0.1) is 16.2 Å². The molecule has 12 heavy (non-hydrogen) atoms. The number of nitro groups is 1. The molecular formula is C7H8N2O3. The minimum Gasteiger partial charge on any atom is -0.506 e. The highest BCUT2D eigenvalue weighted by molar-refractivity contribution is 5.64. The van der Waals surface area contributed by atoms with Gasteiger partial charge in [0.1, 0.15) is 5.75 Å². The molecule has 1 rings (SSSR count). The largest absolute Gasteiger partial charge is 0.506 e. The molecule has 0 bridgehead atoms. The van der Waals surface area contributed by atoms with Crippen LogP contribution in [-0.2, 0) is 0 Å². The fraction of sp³-hybridized carbons (Fsp3) is 0.143. The van der Waals surface area contributed by atoms with Crippen molar-refractivity contribution in [1.82, 2.24) is 0 Å². The van der Waals surface area contributed by atoms with Gasteiger partial charge in [-0.15, -0.1) is 0 Å². The molecule has 0 heterocycles. The van der Waals surface area contributed by atoms with E-state index in [9.17, 15) is 10.1 Å². The van der Waals surface area contributed by atoms with Crippen molar-refractivity contribution in [2.45, 2.75) is 6.92 Å². The molecule has 0 atom stereocenters. The quantitative estimate of drug-likeness (QED) is 0.285. The van der Waals surface area contributed by atoms with E-state index in [0.29, 0.717) is 5.56 Å². The van der Waals surface area contributed by atoms with Gasteiger partial charge in [-0.3, -0.25) is 10.1 Å². The Balaban J connectivity index is 3.36. The summed E-state index contributed by atoms with van der Waals surface area (Å²) < 4.78 is 0. The van der Waals surface area contributed by atoms with Crippen molar-refractivity contribution >= 4 is 11.4 Å². The molecule has 0 unspecified atom stereocenters. The molecule has 1 aromatic carbocycles. The van der Waals surface area contributed by atoms with Crippen molar-refractivity contribution in [3.05, 3.63) is 27.8 Å². The molecule has 0 aromatic heterocycles. The molecule has 64 valence electrons. The lowest BCUT2D eigenvalue weighted by molar-refractivity contribution is -0.385. The summed E-state index contributed by atoms with van der Waals surface area (Å²) in [6, 6.07) is 2.43. The van der Waals surface area contributed by atoms with E-state index in [1.54, 1.807) is 0 Å². The Kier molecular flexibility index (Phi) is 1.86. The van der Waals surface area contributed by atoms with E-state index in [2.05, 4.69) is 0 Å². The van der Waals surface area contributed by atoms with Crippen LogP contribution in [-0.4, -0.2) is 10.0 Å². The van der Waals surface area contributed by atoms with E-state index >= 15 is 0 Å². The number of nitrogens with zero attached hydrogens (tertiary/aromatic N) is 1. The zero-order valence-corrected chi connectivity index (χ0v) is 6.44. The summed E-state index contributed by atoms with van der Waals surface area (Å²) in [5.41, 5.74) is 5.64. The SMILES string of the molecule is Cc1c([N+](=O)[O-])ccc(O)c1N. The van der Waals surface area contributed by atoms with Crippen LogP contribution in [0, 0.1) is 17.0 Å². The van der Waals surface area contributed by atoms with Crippen LogP contribution >= 0.6 is 0 Å². The van der Waals surface area contributed by atoms with Crippen molar-refractivity contribution in [3.8, 4) is 5.75 Å². The third-order valence-electron chi connectivity index (χ3n) is 1.66. The van der Waals surface area contributed by atoms with Gasteiger partial charge in [-0.1, -0.05) is 0 Å². The van der Waals surface area contributed by atoms with Crippen molar-refractivity contribution in [2.75, 3.05) is 5.73 Å². The number of hydrogen-bond acceptors (Lipinski definition) is 4. The Morgan fingerprint density at radius 2 is 2.17 bits per heavy atom. The maximum atomic E-state index is 10.4. The third kappa shape index (κ3) is 1.16. The van der Waals surface area contributed by atoms with Gasteiger partial charge in [-0.05, 0) is 13.0 Å². The summed E-state index contributed by atoms with van der Waals surface area (Å²) in [5, 5.41) is 19.4. The minimum absolute atomic E-state index is 0.0594. The van der Waals surface area contributed by atoms with Crippen molar-refractivity contribution < 1.29 is 10.0 Å². The summed E-state index contributed by atoms with van der Waals surface area (Å²) in [7, 11) is 0. The van der Waals surface area contributed by atoms with Crippen LogP contribution in [0.3, 0.4) is 0 Å². The first-order chi connectivity index (χ1) is 5.54. The van der Waals surface area contributed by atoms with E-state index in [4.69, 9.17) is 10.8 Å². The Hall–Kier alpha value is -1.78. The van der Waals surface area contributed by atoms with E-state index in [-0.39, 0.29) is 17.1 Å². The second-order valence-electron chi connectivity index (χ2n) is 2.40. The van der Waals surface area contributed by atoms with Gasteiger partial charge in [0.25, 0.3) is 5.69 Å². The number of rotatable bonds is 1. The van der Waals surface area contributed by atoms with Crippen LogP contribution < -0.4 is 5.73 Å². The Bertz CT molecular complexity index is 336. The summed E-state index contributed by atoms with van der Waals surface area (Å²) in [6.45, 7) is 1.49. The number of anilines is 1. The normalized spacial score (nSPS) is 9.75. The highest BCUT2D eigenvalue weighted by atomic mass is 16.6. The molecule has 0 amide bonds. The van der Waals surface area contributed by atoms with E-state index in [1.165, 1.54) is 19.1 Å². The van der Waals surface area contributed by atoms with Gasteiger partial charge in [0, 0.05) is 6.07 Å². The number of hydrogen-bond donors (Lipinski definition) is 2. The highest BCUT2D eigenvalue weighted by Crippen LogP contribution is 2.30. The van der Waals surface area contributed by atoms with Gasteiger partial charge >= 0.3 is 0 Å². The molecule has 0 saturated carbocycles. The number of nitro benzene ring substituents is 1. The maximum Gasteiger partial charge on any atom is 0.274 e. The second kappa shape index (κ2) is 2.69.